The monoisotopic (exact) mass is 711 g/mol. The Hall–Kier alpha value is -4.89. The van der Waals surface area contributed by atoms with Gasteiger partial charge in [0.2, 0.25) is 11.8 Å². The number of halogens is 3. The fraction of sp³-hybridized carbons (Fsp3) is 0.200. The van der Waals surface area contributed by atoms with E-state index in [0.29, 0.717) is 59.5 Å². The van der Waals surface area contributed by atoms with Gasteiger partial charge in [-0.3, -0.25) is 9.69 Å². The van der Waals surface area contributed by atoms with Gasteiger partial charge in [-0.1, -0.05) is 71.7 Å². The molecule has 6 rings (SSSR count). The van der Waals surface area contributed by atoms with Gasteiger partial charge in [0.15, 0.2) is 0 Å². The molecule has 1 aliphatic heterocycles. The molecule has 1 aromatic heterocycles. The van der Waals surface area contributed by atoms with Gasteiger partial charge in [-0.05, 0) is 71.3 Å². The molecule has 0 aliphatic carbocycles. The molecule has 256 valence electrons. The standard InChI is InChI=1S/C40H36Cl2FN3O4/c41-36-4-2-1-3-32(36)28-49-35-15-17-39(44-26-35)50-38-16-9-30(25-37(38)42)10-18-40(47)46-22-20-45(21-23-46)27-31-7-5-29(6-8-31)19-24-48-34-13-11-33(43)12-14-34/h1-18,25-26H,19-24,27-28H2/b18-10+. The van der Waals surface area contributed by atoms with Crippen molar-refractivity contribution in [3.63, 3.8) is 0 Å². The lowest BCUT2D eigenvalue weighted by atomic mass is 10.1. The van der Waals surface area contributed by atoms with Crippen molar-refractivity contribution in [3.8, 4) is 23.1 Å². The Morgan fingerprint density at radius 1 is 0.800 bits per heavy atom. The highest BCUT2D eigenvalue weighted by atomic mass is 35.5. The Morgan fingerprint density at radius 2 is 1.54 bits per heavy atom. The van der Waals surface area contributed by atoms with Crippen LogP contribution in [0.25, 0.3) is 6.08 Å². The van der Waals surface area contributed by atoms with E-state index >= 15 is 0 Å². The number of benzene rings is 4. The van der Waals surface area contributed by atoms with Crippen LogP contribution in [0.2, 0.25) is 10.0 Å². The average Bonchev–Trinajstić information content (AvgIpc) is 3.14. The van der Waals surface area contributed by atoms with E-state index in [4.69, 9.17) is 37.4 Å². The molecule has 0 atom stereocenters. The Labute approximate surface area is 301 Å². The van der Waals surface area contributed by atoms with Gasteiger partial charge >= 0.3 is 0 Å². The largest absolute Gasteiger partial charge is 0.493 e. The van der Waals surface area contributed by atoms with E-state index < -0.39 is 0 Å². The van der Waals surface area contributed by atoms with Crippen LogP contribution in [0.4, 0.5) is 4.39 Å². The molecule has 1 amide bonds. The average molecular weight is 713 g/mol. The zero-order valence-corrected chi connectivity index (χ0v) is 28.8. The Kier molecular flexibility index (Phi) is 12.0. The van der Waals surface area contributed by atoms with Crippen LogP contribution in [-0.2, 0) is 24.4 Å². The second-order valence-electron chi connectivity index (χ2n) is 11.8. The smallest absolute Gasteiger partial charge is 0.246 e. The third-order valence-corrected chi connectivity index (χ3v) is 8.90. The van der Waals surface area contributed by atoms with Crippen LogP contribution in [0.3, 0.4) is 0 Å². The summed E-state index contributed by atoms with van der Waals surface area (Å²) in [6, 6.07) is 30.9. The summed E-state index contributed by atoms with van der Waals surface area (Å²) >= 11 is 12.7. The van der Waals surface area contributed by atoms with Crippen LogP contribution in [0.15, 0.2) is 115 Å². The van der Waals surface area contributed by atoms with E-state index in [1.165, 1.54) is 23.3 Å². The third kappa shape index (κ3) is 10.1. The van der Waals surface area contributed by atoms with Crippen LogP contribution >= 0.6 is 23.2 Å². The van der Waals surface area contributed by atoms with Crippen LogP contribution < -0.4 is 14.2 Å². The molecule has 0 unspecified atom stereocenters. The lowest BCUT2D eigenvalue weighted by Crippen LogP contribution is -2.47. The topological polar surface area (TPSA) is 64.1 Å². The summed E-state index contributed by atoms with van der Waals surface area (Å²) in [5.41, 5.74) is 4.08. The van der Waals surface area contributed by atoms with Crippen molar-refractivity contribution >= 4 is 35.2 Å². The van der Waals surface area contributed by atoms with Gasteiger partial charge in [-0.15, -0.1) is 0 Å². The summed E-state index contributed by atoms with van der Waals surface area (Å²) in [6.07, 6.45) is 5.70. The number of rotatable bonds is 13. The lowest BCUT2D eigenvalue weighted by Gasteiger charge is -2.34. The minimum atomic E-state index is -0.274. The van der Waals surface area contributed by atoms with Crippen molar-refractivity contribution in [1.82, 2.24) is 14.8 Å². The van der Waals surface area contributed by atoms with Crippen molar-refractivity contribution in [2.24, 2.45) is 0 Å². The fourth-order valence-corrected chi connectivity index (χ4v) is 5.81. The van der Waals surface area contributed by atoms with Crippen molar-refractivity contribution in [2.45, 2.75) is 19.6 Å². The molecule has 0 bridgehead atoms. The molecule has 0 radical (unpaired) electrons. The Morgan fingerprint density at radius 3 is 2.26 bits per heavy atom. The molecule has 0 spiro atoms. The normalized spacial score (nSPS) is 13.4. The molecule has 5 aromatic rings. The molecule has 1 saturated heterocycles. The number of amides is 1. The van der Waals surface area contributed by atoms with E-state index in [2.05, 4.69) is 34.1 Å². The first-order valence-electron chi connectivity index (χ1n) is 16.3. The second kappa shape index (κ2) is 17.2. The maximum Gasteiger partial charge on any atom is 0.246 e. The van der Waals surface area contributed by atoms with E-state index in [1.54, 1.807) is 54.7 Å². The van der Waals surface area contributed by atoms with Crippen LogP contribution in [-0.4, -0.2) is 53.5 Å². The minimum absolute atomic E-state index is 0.0330. The van der Waals surface area contributed by atoms with Gasteiger partial charge < -0.3 is 19.1 Å². The summed E-state index contributed by atoms with van der Waals surface area (Å²) in [7, 11) is 0. The first kappa shape index (κ1) is 35.0. The number of carbonyl (C=O) groups is 1. The second-order valence-corrected chi connectivity index (χ2v) is 12.6. The van der Waals surface area contributed by atoms with Gasteiger partial charge in [0, 0.05) is 61.9 Å². The molecule has 50 heavy (non-hydrogen) atoms. The molecule has 1 aliphatic rings. The summed E-state index contributed by atoms with van der Waals surface area (Å²) in [5.74, 6) is 1.77. The van der Waals surface area contributed by atoms with Gasteiger partial charge in [0.1, 0.15) is 29.7 Å². The first-order chi connectivity index (χ1) is 24.4. The molecular formula is C40H36Cl2FN3O4. The van der Waals surface area contributed by atoms with E-state index in [1.807, 2.05) is 35.2 Å². The number of carbonyl (C=O) groups excluding carboxylic acids is 1. The fourth-order valence-electron chi connectivity index (χ4n) is 5.39. The number of hydrogen-bond acceptors (Lipinski definition) is 6. The van der Waals surface area contributed by atoms with Crippen molar-refractivity contribution in [3.05, 3.63) is 154 Å². The molecule has 0 N–H and O–H groups in total. The number of pyridine rings is 1. The summed E-state index contributed by atoms with van der Waals surface area (Å²) in [5, 5.41) is 1.05. The van der Waals surface area contributed by atoms with Crippen LogP contribution in [0.5, 0.6) is 23.1 Å². The summed E-state index contributed by atoms with van der Waals surface area (Å²) < 4.78 is 30.4. The van der Waals surface area contributed by atoms with Crippen LogP contribution in [0, 0.1) is 5.82 Å². The SMILES string of the molecule is O=C(/C=C/c1ccc(Oc2ccc(OCc3ccccc3Cl)cn2)c(Cl)c1)N1CCN(Cc2ccc(CCOc3ccc(F)cc3)cc2)CC1. The molecule has 10 heteroatoms. The number of ether oxygens (including phenoxy) is 3. The minimum Gasteiger partial charge on any atom is -0.493 e. The highest BCUT2D eigenvalue weighted by molar-refractivity contribution is 6.32. The van der Waals surface area contributed by atoms with Crippen molar-refractivity contribution in [2.75, 3.05) is 32.8 Å². The number of piperazine rings is 1. The van der Waals surface area contributed by atoms with Crippen molar-refractivity contribution in [1.29, 1.82) is 0 Å². The zero-order valence-electron chi connectivity index (χ0n) is 27.3. The molecule has 2 heterocycles. The van der Waals surface area contributed by atoms with Gasteiger partial charge in [0.25, 0.3) is 0 Å². The molecular weight excluding hydrogens is 676 g/mol. The molecule has 0 saturated carbocycles. The molecule has 7 nitrogen and oxygen atoms in total. The highest BCUT2D eigenvalue weighted by Crippen LogP contribution is 2.30. The highest BCUT2D eigenvalue weighted by Gasteiger charge is 2.20. The maximum absolute atomic E-state index is 13.1. The Bertz CT molecular complexity index is 1900. The quantitative estimate of drug-likeness (QED) is 0.114. The van der Waals surface area contributed by atoms with Gasteiger partial charge in [0.05, 0.1) is 17.8 Å². The zero-order chi connectivity index (χ0) is 34.7. The molecule has 1 fully saturated rings. The van der Waals surface area contributed by atoms with Crippen LogP contribution in [0.1, 0.15) is 22.3 Å². The number of aromatic nitrogens is 1. The summed E-state index contributed by atoms with van der Waals surface area (Å²) in [4.78, 5) is 21.5. The number of nitrogens with zero attached hydrogens (tertiary/aromatic N) is 3. The summed E-state index contributed by atoms with van der Waals surface area (Å²) in [6.45, 7) is 4.60. The predicted octanol–water partition coefficient (Wildman–Crippen LogP) is 8.88. The van der Waals surface area contributed by atoms with Gasteiger partial charge in [-0.25, -0.2) is 9.37 Å². The Balaban J connectivity index is 0.914. The number of hydrogen-bond donors (Lipinski definition) is 0. The van der Waals surface area contributed by atoms with E-state index in [9.17, 15) is 9.18 Å². The third-order valence-electron chi connectivity index (χ3n) is 8.24. The lowest BCUT2D eigenvalue weighted by molar-refractivity contribution is -0.127. The molecule has 4 aromatic carbocycles. The van der Waals surface area contributed by atoms with E-state index in [0.717, 1.165) is 37.2 Å². The maximum atomic E-state index is 13.1. The van der Waals surface area contributed by atoms with Crippen molar-refractivity contribution < 1.29 is 23.4 Å². The predicted molar refractivity (Wildman–Crippen MR) is 194 cm³/mol. The van der Waals surface area contributed by atoms with E-state index in [-0.39, 0.29) is 11.7 Å². The first-order valence-corrected chi connectivity index (χ1v) is 17.1. The van der Waals surface area contributed by atoms with Gasteiger partial charge in [-0.2, -0.15) is 0 Å².